The second-order valence-corrected chi connectivity index (χ2v) is 9.45. The maximum absolute atomic E-state index is 15.3. The van der Waals surface area contributed by atoms with E-state index in [0.717, 1.165) is 47.9 Å². The molecule has 0 radical (unpaired) electrons. The van der Waals surface area contributed by atoms with Gasteiger partial charge >= 0.3 is 5.97 Å². The zero-order valence-corrected chi connectivity index (χ0v) is 22.2. The van der Waals surface area contributed by atoms with E-state index in [1.54, 1.807) is 25.1 Å². The summed E-state index contributed by atoms with van der Waals surface area (Å²) in [6, 6.07) is 18.8. The SMILES string of the molecule is C=C(C)C(=O)OCCOc1ccc(-c2ccc(-c3ccc(CCCC(CO)CO)cc3CC)c(F)c2)cc1. The van der Waals surface area contributed by atoms with Crippen LogP contribution in [-0.2, 0) is 22.4 Å². The van der Waals surface area contributed by atoms with Crippen LogP contribution in [0.25, 0.3) is 22.3 Å². The number of aryl methyl sites for hydroxylation is 2. The van der Waals surface area contributed by atoms with Crippen molar-refractivity contribution in [1.82, 2.24) is 0 Å². The fourth-order valence-corrected chi connectivity index (χ4v) is 4.27. The zero-order valence-electron chi connectivity index (χ0n) is 22.2. The van der Waals surface area contributed by atoms with Gasteiger partial charge in [-0.1, -0.05) is 56.0 Å². The van der Waals surface area contributed by atoms with Gasteiger partial charge in [0, 0.05) is 30.3 Å². The number of hydrogen-bond acceptors (Lipinski definition) is 5. The fourth-order valence-electron chi connectivity index (χ4n) is 4.27. The van der Waals surface area contributed by atoms with E-state index in [9.17, 15) is 15.0 Å². The minimum atomic E-state index is -0.442. The van der Waals surface area contributed by atoms with Gasteiger partial charge in [0.2, 0.25) is 0 Å². The van der Waals surface area contributed by atoms with Gasteiger partial charge in [0.15, 0.2) is 0 Å². The van der Waals surface area contributed by atoms with E-state index >= 15 is 4.39 Å². The Labute approximate surface area is 224 Å². The van der Waals surface area contributed by atoms with Crippen LogP contribution in [0.4, 0.5) is 4.39 Å². The first-order valence-corrected chi connectivity index (χ1v) is 13.1. The van der Waals surface area contributed by atoms with Gasteiger partial charge in [-0.25, -0.2) is 9.18 Å². The molecule has 3 aromatic carbocycles. The maximum atomic E-state index is 15.3. The van der Waals surface area contributed by atoms with Crippen LogP contribution in [0.5, 0.6) is 5.75 Å². The molecule has 3 rings (SSSR count). The number of benzene rings is 3. The topological polar surface area (TPSA) is 76.0 Å². The number of rotatable bonds is 14. The van der Waals surface area contributed by atoms with Gasteiger partial charge in [0.05, 0.1) is 0 Å². The molecule has 0 saturated heterocycles. The molecule has 0 aliphatic heterocycles. The van der Waals surface area contributed by atoms with Crippen molar-refractivity contribution in [2.75, 3.05) is 26.4 Å². The zero-order chi connectivity index (χ0) is 27.5. The molecule has 202 valence electrons. The number of ether oxygens (including phenoxy) is 2. The lowest BCUT2D eigenvalue weighted by Crippen LogP contribution is -2.12. The van der Waals surface area contributed by atoms with Gasteiger partial charge in [-0.3, -0.25) is 0 Å². The Morgan fingerprint density at radius 2 is 1.63 bits per heavy atom. The molecule has 0 atom stereocenters. The summed E-state index contributed by atoms with van der Waals surface area (Å²) in [4.78, 5) is 11.4. The summed E-state index contributed by atoms with van der Waals surface area (Å²) in [6.07, 6.45) is 3.28. The highest BCUT2D eigenvalue weighted by atomic mass is 19.1. The third-order valence-corrected chi connectivity index (χ3v) is 6.53. The number of halogens is 1. The maximum Gasteiger partial charge on any atom is 0.333 e. The first kappa shape index (κ1) is 29.1. The normalized spacial score (nSPS) is 11.0. The summed E-state index contributed by atoms with van der Waals surface area (Å²) in [5.74, 6) is -0.163. The van der Waals surface area contributed by atoms with Crippen molar-refractivity contribution in [1.29, 1.82) is 0 Å². The number of carbonyl (C=O) groups is 1. The lowest BCUT2D eigenvalue weighted by Gasteiger charge is -2.14. The van der Waals surface area contributed by atoms with Crippen LogP contribution in [-0.4, -0.2) is 42.6 Å². The van der Waals surface area contributed by atoms with Crippen LogP contribution in [0.1, 0.15) is 37.8 Å². The highest BCUT2D eigenvalue weighted by Crippen LogP contribution is 2.32. The Morgan fingerprint density at radius 3 is 2.26 bits per heavy atom. The van der Waals surface area contributed by atoms with Gasteiger partial charge in [0.25, 0.3) is 0 Å². The molecule has 5 nitrogen and oxygen atoms in total. The molecule has 0 aliphatic rings. The summed E-state index contributed by atoms with van der Waals surface area (Å²) in [5, 5.41) is 18.5. The highest BCUT2D eigenvalue weighted by molar-refractivity contribution is 5.86. The molecule has 2 N–H and O–H groups in total. The van der Waals surface area contributed by atoms with Crippen LogP contribution in [0.2, 0.25) is 0 Å². The van der Waals surface area contributed by atoms with Crippen molar-refractivity contribution < 1.29 is 28.9 Å². The van der Waals surface area contributed by atoms with Crippen molar-refractivity contribution in [3.8, 4) is 28.0 Å². The molecule has 0 bridgehead atoms. The standard InChI is InChI=1S/C32H37FO5/c1-4-25-18-23(6-5-7-24(20-34)21-35)8-14-29(25)30-15-11-27(19-31(30)33)26-9-12-28(13-10-26)37-16-17-38-32(36)22(2)3/h8-15,18-19,24,34-35H,2,4-7,16-17,20-21H2,1,3H3. The Hall–Kier alpha value is -3.48. The van der Waals surface area contributed by atoms with E-state index in [1.165, 1.54) is 5.56 Å². The van der Waals surface area contributed by atoms with Crippen molar-refractivity contribution in [3.05, 3.63) is 89.8 Å². The van der Waals surface area contributed by atoms with Crippen molar-refractivity contribution in [2.45, 2.75) is 39.5 Å². The van der Waals surface area contributed by atoms with Gasteiger partial charge in [0.1, 0.15) is 24.8 Å². The van der Waals surface area contributed by atoms with Gasteiger partial charge in [-0.05, 0) is 78.6 Å². The number of esters is 1. The molecule has 0 heterocycles. The number of aliphatic hydroxyl groups is 2. The molecule has 0 spiro atoms. The number of hydrogen-bond donors (Lipinski definition) is 2. The van der Waals surface area contributed by atoms with Crippen LogP contribution in [0.3, 0.4) is 0 Å². The quantitative estimate of drug-likeness (QED) is 0.152. The van der Waals surface area contributed by atoms with E-state index in [0.29, 0.717) is 16.9 Å². The van der Waals surface area contributed by atoms with Crippen molar-refractivity contribution in [3.63, 3.8) is 0 Å². The highest BCUT2D eigenvalue weighted by Gasteiger charge is 2.13. The largest absolute Gasteiger partial charge is 0.490 e. The Kier molecular flexibility index (Phi) is 11.1. The molecule has 0 aromatic heterocycles. The molecular formula is C32H37FO5. The molecule has 0 amide bonds. The second-order valence-electron chi connectivity index (χ2n) is 9.45. The number of carbonyl (C=O) groups excluding carboxylic acids is 1. The Bertz CT molecular complexity index is 1220. The van der Waals surface area contributed by atoms with Crippen molar-refractivity contribution >= 4 is 5.97 Å². The van der Waals surface area contributed by atoms with Crippen LogP contribution < -0.4 is 4.74 Å². The van der Waals surface area contributed by atoms with E-state index in [1.807, 2.05) is 36.4 Å². The van der Waals surface area contributed by atoms with Gasteiger partial charge in [-0.2, -0.15) is 0 Å². The van der Waals surface area contributed by atoms with Crippen LogP contribution in [0, 0.1) is 11.7 Å². The molecule has 0 saturated carbocycles. The Morgan fingerprint density at radius 1 is 0.947 bits per heavy atom. The molecule has 38 heavy (non-hydrogen) atoms. The smallest absolute Gasteiger partial charge is 0.333 e. The van der Waals surface area contributed by atoms with Crippen LogP contribution >= 0.6 is 0 Å². The fraction of sp³-hybridized carbons (Fsp3) is 0.344. The summed E-state index contributed by atoms with van der Waals surface area (Å²) < 4.78 is 25.9. The lowest BCUT2D eigenvalue weighted by atomic mass is 9.92. The first-order valence-electron chi connectivity index (χ1n) is 13.1. The predicted molar refractivity (Wildman–Crippen MR) is 149 cm³/mol. The van der Waals surface area contributed by atoms with Crippen LogP contribution in [0.15, 0.2) is 72.8 Å². The lowest BCUT2D eigenvalue weighted by molar-refractivity contribution is -0.139. The monoisotopic (exact) mass is 520 g/mol. The molecule has 0 unspecified atom stereocenters. The summed E-state index contributed by atoms with van der Waals surface area (Å²) >= 11 is 0. The molecule has 6 heteroatoms. The first-order chi connectivity index (χ1) is 18.4. The average molecular weight is 521 g/mol. The molecule has 0 aliphatic carbocycles. The van der Waals surface area contributed by atoms with E-state index in [2.05, 4.69) is 19.6 Å². The van der Waals surface area contributed by atoms with Crippen molar-refractivity contribution in [2.24, 2.45) is 5.92 Å². The van der Waals surface area contributed by atoms with E-state index in [-0.39, 0.29) is 38.2 Å². The third-order valence-electron chi connectivity index (χ3n) is 6.53. The number of aliphatic hydroxyl groups excluding tert-OH is 2. The molecule has 3 aromatic rings. The predicted octanol–water partition coefficient (Wildman–Crippen LogP) is 6.14. The van der Waals surface area contributed by atoms with Gasteiger partial charge in [-0.15, -0.1) is 0 Å². The summed E-state index contributed by atoms with van der Waals surface area (Å²) in [7, 11) is 0. The van der Waals surface area contributed by atoms with Gasteiger partial charge < -0.3 is 19.7 Å². The third kappa shape index (κ3) is 8.01. The van der Waals surface area contributed by atoms with E-state index < -0.39 is 5.97 Å². The summed E-state index contributed by atoms with van der Waals surface area (Å²) in [6.45, 7) is 7.55. The second kappa shape index (κ2) is 14.5. The molecule has 0 fully saturated rings. The molecular weight excluding hydrogens is 483 g/mol. The van der Waals surface area contributed by atoms with E-state index in [4.69, 9.17) is 9.47 Å². The minimum absolute atomic E-state index is 0.00236. The minimum Gasteiger partial charge on any atom is -0.490 e. The summed E-state index contributed by atoms with van der Waals surface area (Å²) in [5.41, 5.74) is 5.70. The Balaban J connectivity index is 1.65. The average Bonchev–Trinajstić information content (AvgIpc) is 2.93.